The number of guanidine groups is 1. The van der Waals surface area contributed by atoms with E-state index in [2.05, 4.69) is 15.6 Å². The highest BCUT2D eigenvalue weighted by molar-refractivity contribution is 5.79. The molecule has 0 amide bonds. The van der Waals surface area contributed by atoms with Gasteiger partial charge in [-0.1, -0.05) is 30.3 Å². The highest BCUT2D eigenvalue weighted by atomic mass is 19.4. The van der Waals surface area contributed by atoms with Crippen molar-refractivity contribution in [2.24, 2.45) is 4.99 Å². The van der Waals surface area contributed by atoms with E-state index in [1.165, 1.54) is 11.9 Å². The summed E-state index contributed by atoms with van der Waals surface area (Å²) in [5, 5.41) is 15.6. The van der Waals surface area contributed by atoms with Crippen molar-refractivity contribution in [2.75, 3.05) is 46.4 Å². The van der Waals surface area contributed by atoms with Crippen LogP contribution in [0.3, 0.4) is 0 Å². The van der Waals surface area contributed by atoms with Crippen LogP contribution in [-0.2, 0) is 0 Å². The molecule has 0 aliphatic rings. The molecule has 5 nitrogen and oxygen atoms in total. The monoisotopic (exact) mass is 360 g/mol. The molecule has 0 fully saturated rings. The number of aliphatic imine (C=N–C) groups is 1. The van der Waals surface area contributed by atoms with Crippen molar-refractivity contribution < 1.29 is 18.3 Å². The standard InChI is InChI=1S/C17H27F3N4O/c1-3-21-16(22-9-10-24(2)13-17(18,19)20)23-11-15(12-25)14-7-5-4-6-8-14/h4-8,15,25H,3,9-13H2,1-2H3,(H2,21,22,23). The SMILES string of the molecule is CCNC(=NCC(CO)c1ccccc1)NCCN(C)CC(F)(F)F. The third kappa shape index (κ3) is 9.31. The Morgan fingerprint density at radius 2 is 1.92 bits per heavy atom. The number of rotatable bonds is 9. The number of aliphatic hydroxyl groups excluding tert-OH is 1. The predicted octanol–water partition coefficient (Wildman–Crippen LogP) is 1.81. The van der Waals surface area contributed by atoms with Crippen molar-refractivity contribution in [1.82, 2.24) is 15.5 Å². The van der Waals surface area contributed by atoms with Gasteiger partial charge in [0.1, 0.15) is 0 Å². The molecule has 1 rings (SSSR count). The number of halogens is 3. The van der Waals surface area contributed by atoms with Crippen molar-refractivity contribution in [3.63, 3.8) is 0 Å². The molecule has 142 valence electrons. The van der Waals surface area contributed by atoms with Gasteiger partial charge in [-0.05, 0) is 19.5 Å². The number of nitrogens with one attached hydrogen (secondary N) is 2. The number of hydrogen-bond acceptors (Lipinski definition) is 3. The zero-order chi connectivity index (χ0) is 18.7. The first-order chi connectivity index (χ1) is 11.9. The quantitative estimate of drug-likeness (QED) is 0.464. The second kappa shape index (κ2) is 10.9. The Kier molecular flexibility index (Phi) is 9.30. The lowest BCUT2D eigenvalue weighted by Crippen LogP contribution is -2.42. The van der Waals surface area contributed by atoms with Crippen LogP contribution in [0.15, 0.2) is 35.3 Å². The van der Waals surface area contributed by atoms with Crippen molar-refractivity contribution in [3.8, 4) is 0 Å². The maximum Gasteiger partial charge on any atom is 0.401 e. The average Bonchev–Trinajstić information content (AvgIpc) is 2.54. The Morgan fingerprint density at radius 3 is 2.48 bits per heavy atom. The Morgan fingerprint density at radius 1 is 1.24 bits per heavy atom. The largest absolute Gasteiger partial charge is 0.401 e. The molecule has 8 heteroatoms. The minimum absolute atomic E-state index is 0.0265. The molecule has 1 aromatic rings. The van der Waals surface area contributed by atoms with Gasteiger partial charge in [0, 0.05) is 25.6 Å². The Hall–Kier alpha value is -1.80. The fourth-order valence-electron chi connectivity index (χ4n) is 2.29. The Balaban J connectivity index is 2.53. The fraction of sp³-hybridized carbons (Fsp3) is 0.588. The molecule has 3 N–H and O–H groups in total. The van der Waals surface area contributed by atoms with E-state index in [9.17, 15) is 18.3 Å². The van der Waals surface area contributed by atoms with Crippen molar-refractivity contribution in [3.05, 3.63) is 35.9 Å². The van der Waals surface area contributed by atoms with Crippen molar-refractivity contribution in [1.29, 1.82) is 0 Å². The van der Waals surface area contributed by atoms with Crippen LogP contribution in [0.1, 0.15) is 18.4 Å². The van der Waals surface area contributed by atoms with E-state index in [1.54, 1.807) is 0 Å². The van der Waals surface area contributed by atoms with Gasteiger partial charge in [-0.15, -0.1) is 0 Å². The molecule has 0 aliphatic heterocycles. The Labute approximate surface area is 146 Å². The summed E-state index contributed by atoms with van der Waals surface area (Å²) in [6.45, 7) is 2.55. The summed E-state index contributed by atoms with van der Waals surface area (Å²) in [6.07, 6.45) is -4.20. The first-order valence-electron chi connectivity index (χ1n) is 8.29. The van der Waals surface area contributed by atoms with Crippen LogP contribution in [0, 0.1) is 0 Å². The van der Waals surface area contributed by atoms with Gasteiger partial charge in [-0.3, -0.25) is 9.89 Å². The summed E-state index contributed by atoms with van der Waals surface area (Å²) < 4.78 is 36.9. The lowest BCUT2D eigenvalue weighted by atomic mass is 10.0. The highest BCUT2D eigenvalue weighted by Gasteiger charge is 2.28. The Bertz CT molecular complexity index is 508. The van der Waals surface area contributed by atoms with Gasteiger partial charge in [-0.2, -0.15) is 13.2 Å². The summed E-state index contributed by atoms with van der Waals surface area (Å²) >= 11 is 0. The third-order valence-corrected chi connectivity index (χ3v) is 3.54. The van der Waals surface area contributed by atoms with Gasteiger partial charge >= 0.3 is 6.18 Å². The number of nitrogens with zero attached hydrogens (tertiary/aromatic N) is 2. The molecular weight excluding hydrogens is 333 g/mol. The summed E-state index contributed by atoms with van der Waals surface area (Å²) in [5.74, 6) is 0.404. The fourth-order valence-corrected chi connectivity index (χ4v) is 2.29. The summed E-state index contributed by atoms with van der Waals surface area (Å²) in [7, 11) is 1.43. The van der Waals surface area contributed by atoms with E-state index in [1.807, 2.05) is 37.3 Å². The van der Waals surface area contributed by atoms with Crippen LogP contribution >= 0.6 is 0 Å². The van der Waals surface area contributed by atoms with Gasteiger partial charge in [-0.25, -0.2) is 0 Å². The van der Waals surface area contributed by atoms with Crippen LogP contribution < -0.4 is 10.6 Å². The first kappa shape index (κ1) is 21.2. The topological polar surface area (TPSA) is 59.9 Å². The maximum absolute atomic E-state index is 12.3. The van der Waals surface area contributed by atoms with E-state index in [0.29, 0.717) is 25.6 Å². The molecule has 0 aromatic heterocycles. The second-order valence-electron chi connectivity index (χ2n) is 5.79. The van der Waals surface area contributed by atoms with Gasteiger partial charge in [0.15, 0.2) is 5.96 Å². The highest BCUT2D eigenvalue weighted by Crippen LogP contribution is 2.15. The summed E-state index contributed by atoms with van der Waals surface area (Å²) in [6, 6.07) is 9.58. The molecule has 0 aliphatic carbocycles. The summed E-state index contributed by atoms with van der Waals surface area (Å²) in [4.78, 5) is 5.63. The molecule has 1 unspecified atom stereocenters. The van der Waals surface area contributed by atoms with E-state index in [-0.39, 0.29) is 19.1 Å². The van der Waals surface area contributed by atoms with Gasteiger partial charge in [0.05, 0.1) is 19.7 Å². The molecule has 1 atom stereocenters. The first-order valence-corrected chi connectivity index (χ1v) is 8.29. The van der Waals surface area contributed by atoms with Crippen LogP contribution in [0.5, 0.6) is 0 Å². The molecule has 0 heterocycles. The molecule has 0 saturated heterocycles. The second-order valence-corrected chi connectivity index (χ2v) is 5.79. The van der Waals surface area contributed by atoms with E-state index in [0.717, 1.165) is 5.56 Å². The van der Waals surface area contributed by atoms with Crippen molar-refractivity contribution in [2.45, 2.75) is 19.0 Å². The molecule has 1 aromatic carbocycles. The molecule has 25 heavy (non-hydrogen) atoms. The molecule has 0 bridgehead atoms. The molecule has 0 saturated carbocycles. The number of likely N-dealkylation sites (N-methyl/N-ethyl adjacent to an activating group) is 1. The minimum Gasteiger partial charge on any atom is -0.396 e. The van der Waals surface area contributed by atoms with Crippen molar-refractivity contribution >= 4 is 5.96 Å². The number of hydrogen-bond donors (Lipinski definition) is 3. The molecule has 0 radical (unpaired) electrons. The number of alkyl halides is 3. The zero-order valence-corrected chi connectivity index (χ0v) is 14.7. The number of aliphatic hydroxyl groups is 1. The lowest BCUT2D eigenvalue weighted by molar-refractivity contribution is -0.142. The van der Waals surface area contributed by atoms with Crippen LogP contribution in [-0.4, -0.2) is 68.5 Å². The van der Waals surface area contributed by atoms with Gasteiger partial charge < -0.3 is 15.7 Å². The zero-order valence-electron chi connectivity index (χ0n) is 14.7. The minimum atomic E-state index is -4.20. The average molecular weight is 360 g/mol. The lowest BCUT2D eigenvalue weighted by Gasteiger charge is -2.20. The van der Waals surface area contributed by atoms with Crippen LogP contribution in [0.25, 0.3) is 0 Å². The van der Waals surface area contributed by atoms with Crippen LogP contribution in [0.4, 0.5) is 13.2 Å². The van der Waals surface area contributed by atoms with Crippen LogP contribution in [0.2, 0.25) is 0 Å². The van der Waals surface area contributed by atoms with E-state index < -0.39 is 12.7 Å². The third-order valence-electron chi connectivity index (χ3n) is 3.54. The normalized spacial score (nSPS) is 13.8. The van der Waals surface area contributed by atoms with E-state index in [4.69, 9.17) is 0 Å². The van der Waals surface area contributed by atoms with Gasteiger partial charge in [0.2, 0.25) is 0 Å². The van der Waals surface area contributed by atoms with E-state index >= 15 is 0 Å². The predicted molar refractivity (Wildman–Crippen MR) is 93.8 cm³/mol. The summed E-state index contributed by atoms with van der Waals surface area (Å²) in [5.41, 5.74) is 0.995. The molecule has 0 spiro atoms. The smallest absolute Gasteiger partial charge is 0.396 e. The molecular formula is C17H27F3N4O. The number of benzene rings is 1. The maximum atomic E-state index is 12.3. The van der Waals surface area contributed by atoms with Gasteiger partial charge in [0.25, 0.3) is 0 Å².